The van der Waals surface area contributed by atoms with Crippen LogP contribution in [0.5, 0.6) is 0 Å². The Hall–Kier alpha value is -2.17. The van der Waals surface area contributed by atoms with Gasteiger partial charge in [-0.1, -0.05) is 18.2 Å². The van der Waals surface area contributed by atoms with E-state index in [-0.39, 0.29) is 0 Å². The van der Waals surface area contributed by atoms with Gasteiger partial charge in [-0.2, -0.15) is 0 Å². The van der Waals surface area contributed by atoms with Gasteiger partial charge in [0.2, 0.25) is 0 Å². The standard InChI is InChI=1S/C20H23N3O/c1-23-11-7-16-17-4-2-3-15(20(17)22-18(16)8-12-23)13-19(24)14-5-9-21-10-6-14/h2-6,9-10,19,22,24H,7-8,11-13H2,1H3. The van der Waals surface area contributed by atoms with Crippen molar-refractivity contribution in [3.8, 4) is 0 Å². The van der Waals surface area contributed by atoms with Crippen molar-refractivity contribution in [2.24, 2.45) is 0 Å². The molecule has 0 saturated carbocycles. The van der Waals surface area contributed by atoms with Crippen LogP contribution in [0.15, 0.2) is 42.7 Å². The molecule has 1 unspecified atom stereocenters. The predicted molar refractivity (Wildman–Crippen MR) is 96.1 cm³/mol. The van der Waals surface area contributed by atoms with Crippen molar-refractivity contribution in [1.82, 2.24) is 14.9 Å². The van der Waals surface area contributed by atoms with E-state index in [4.69, 9.17) is 0 Å². The average molecular weight is 321 g/mol. The number of H-pyrrole nitrogens is 1. The molecule has 4 heteroatoms. The molecule has 0 spiro atoms. The molecule has 4 nitrogen and oxygen atoms in total. The molecule has 1 aliphatic heterocycles. The van der Waals surface area contributed by atoms with Gasteiger partial charge in [0.25, 0.3) is 0 Å². The molecule has 0 saturated heterocycles. The van der Waals surface area contributed by atoms with E-state index < -0.39 is 6.10 Å². The van der Waals surface area contributed by atoms with Crippen molar-refractivity contribution < 1.29 is 5.11 Å². The average Bonchev–Trinajstić information content (AvgIpc) is 2.87. The Kier molecular flexibility index (Phi) is 4.08. The first-order valence-corrected chi connectivity index (χ1v) is 8.60. The quantitative estimate of drug-likeness (QED) is 0.780. The minimum atomic E-state index is -0.507. The zero-order valence-corrected chi connectivity index (χ0v) is 14.0. The zero-order valence-electron chi connectivity index (χ0n) is 14.0. The minimum Gasteiger partial charge on any atom is -0.388 e. The first-order valence-electron chi connectivity index (χ1n) is 8.60. The van der Waals surface area contributed by atoms with E-state index in [1.54, 1.807) is 12.4 Å². The van der Waals surface area contributed by atoms with Crippen LogP contribution in [0, 0.1) is 0 Å². The van der Waals surface area contributed by atoms with Crippen molar-refractivity contribution >= 4 is 10.9 Å². The summed E-state index contributed by atoms with van der Waals surface area (Å²) in [5.41, 5.74) is 6.10. The van der Waals surface area contributed by atoms with Gasteiger partial charge in [0.1, 0.15) is 0 Å². The molecule has 0 bridgehead atoms. The number of aliphatic hydroxyl groups excluding tert-OH is 1. The summed E-state index contributed by atoms with van der Waals surface area (Å²) in [6, 6.07) is 10.2. The first kappa shape index (κ1) is 15.4. The molecule has 3 aromatic rings. The number of pyridine rings is 1. The van der Waals surface area contributed by atoms with Crippen LogP contribution in [0.4, 0.5) is 0 Å². The molecular formula is C20H23N3O. The van der Waals surface area contributed by atoms with Crippen LogP contribution in [0.25, 0.3) is 10.9 Å². The van der Waals surface area contributed by atoms with Gasteiger partial charge in [0.05, 0.1) is 6.10 Å². The lowest BCUT2D eigenvalue weighted by Crippen LogP contribution is -2.21. The number of hydrogen-bond donors (Lipinski definition) is 2. The highest BCUT2D eigenvalue weighted by atomic mass is 16.3. The first-order chi connectivity index (χ1) is 11.7. The number of hydrogen-bond acceptors (Lipinski definition) is 3. The molecule has 24 heavy (non-hydrogen) atoms. The lowest BCUT2D eigenvalue weighted by Gasteiger charge is -2.13. The number of nitrogens with one attached hydrogen (secondary N) is 1. The summed E-state index contributed by atoms with van der Waals surface area (Å²) in [7, 11) is 2.19. The van der Waals surface area contributed by atoms with E-state index in [1.807, 2.05) is 12.1 Å². The van der Waals surface area contributed by atoms with Gasteiger partial charge in [-0.05, 0) is 42.3 Å². The third-order valence-corrected chi connectivity index (χ3v) is 5.11. The maximum absolute atomic E-state index is 10.6. The molecule has 0 aliphatic carbocycles. The summed E-state index contributed by atoms with van der Waals surface area (Å²) in [6.07, 6.45) is 5.71. The predicted octanol–water partition coefficient (Wildman–Crippen LogP) is 2.87. The summed E-state index contributed by atoms with van der Waals surface area (Å²) < 4.78 is 0. The summed E-state index contributed by atoms with van der Waals surface area (Å²) in [4.78, 5) is 10.1. The summed E-state index contributed by atoms with van der Waals surface area (Å²) >= 11 is 0. The van der Waals surface area contributed by atoms with Gasteiger partial charge in [0, 0.05) is 54.9 Å². The maximum Gasteiger partial charge on any atom is 0.0832 e. The lowest BCUT2D eigenvalue weighted by atomic mass is 9.99. The molecule has 4 rings (SSSR count). The molecule has 1 aromatic carbocycles. The molecule has 2 aromatic heterocycles. The molecule has 124 valence electrons. The fourth-order valence-corrected chi connectivity index (χ4v) is 3.69. The highest BCUT2D eigenvalue weighted by Gasteiger charge is 2.19. The number of para-hydroxylation sites is 1. The zero-order chi connectivity index (χ0) is 16.5. The smallest absolute Gasteiger partial charge is 0.0832 e. The van der Waals surface area contributed by atoms with E-state index in [0.717, 1.165) is 31.5 Å². The van der Waals surface area contributed by atoms with Crippen LogP contribution in [0.2, 0.25) is 0 Å². The number of benzene rings is 1. The van der Waals surface area contributed by atoms with Crippen LogP contribution < -0.4 is 0 Å². The monoisotopic (exact) mass is 321 g/mol. The van der Waals surface area contributed by atoms with Gasteiger partial charge in [0.15, 0.2) is 0 Å². The molecule has 0 fully saturated rings. The fraction of sp³-hybridized carbons (Fsp3) is 0.350. The van der Waals surface area contributed by atoms with E-state index >= 15 is 0 Å². The Morgan fingerprint density at radius 1 is 1.17 bits per heavy atom. The Morgan fingerprint density at radius 2 is 1.96 bits per heavy atom. The largest absolute Gasteiger partial charge is 0.388 e. The number of aromatic amines is 1. The molecule has 1 atom stereocenters. The number of rotatable bonds is 3. The fourth-order valence-electron chi connectivity index (χ4n) is 3.69. The molecule has 3 heterocycles. The van der Waals surface area contributed by atoms with E-state index in [9.17, 15) is 5.11 Å². The maximum atomic E-state index is 10.6. The SMILES string of the molecule is CN1CCc2[nH]c3c(CC(O)c4ccncc4)cccc3c2CC1. The van der Waals surface area contributed by atoms with Crippen molar-refractivity contribution in [3.63, 3.8) is 0 Å². The van der Waals surface area contributed by atoms with Crippen molar-refractivity contribution in [3.05, 3.63) is 65.1 Å². The third kappa shape index (κ3) is 2.83. The van der Waals surface area contributed by atoms with Crippen LogP contribution in [-0.2, 0) is 19.3 Å². The van der Waals surface area contributed by atoms with Crippen LogP contribution in [-0.4, -0.2) is 40.1 Å². The van der Waals surface area contributed by atoms with Crippen LogP contribution in [0.3, 0.4) is 0 Å². The number of nitrogens with zero attached hydrogens (tertiary/aromatic N) is 2. The summed E-state index contributed by atoms with van der Waals surface area (Å²) in [6.45, 7) is 2.19. The Balaban J connectivity index is 1.69. The van der Waals surface area contributed by atoms with Gasteiger partial charge in [-0.15, -0.1) is 0 Å². The number of aromatic nitrogens is 2. The second kappa shape index (κ2) is 6.38. The molecule has 0 radical (unpaired) electrons. The Morgan fingerprint density at radius 3 is 2.79 bits per heavy atom. The normalized spacial score (nSPS) is 16.8. The summed E-state index contributed by atoms with van der Waals surface area (Å²) in [5, 5.41) is 11.9. The second-order valence-corrected chi connectivity index (χ2v) is 6.73. The highest BCUT2D eigenvalue weighted by molar-refractivity contribution is 5.87. The minimum absolute atomic E-state index is 0.507. The number of likely N-dealkylation sites (N-methyl/N-ethyl adjacent to an activating group) is 1. The van der Waals surface area contributed by atoms with Gasteiger partial charge in [-0.25, -0.2) is 0 Å². The Bertz CT molecular complexity index is 841. The lowest BCUT2D eigenvalue weighted by molar-refractivity contribution is 0.178. The Labute approximate surface area is 142 Å². The molecule has 0 amide bonds. The van der Waals surface area contributed by atoms with Gasteiger partial charge in [-0.3, -0.25) is 4.98 Å². The second-order valence-electron chi connectivity index (χ2n) is 6.73. The number of fused-ring (bicyclic) bond motifs is 3. The van der Waals surface area contributed by atoms with E-state index in [1.165, 1.54) is 27.7 Å². The molecule has 1 aliphatic rings. The van der Waals surface area contributed by atoms with E-state index in [0.29, 0.717) is 6.42 Å². The van der Waals surface area contributed by atoms with Crippen LogP contribution in [0.1, 0.15) is 28.5 Å². The van der Waals surface area contributed by atoms with Crippen molar-refractivity contribution in [2.75, 3.05) is 20.1 Å². The third-order valence-electron chi connectivity index (χ3n) is 5.11. The van der Waals surface area contributed by atoms with Gasteiger partial charge >= 0.3 is 0 Å². The van der Waals surface area contributed by atoms with Crippen molar-refractivity contribution in [2.45, 2.75) is 25.4 Å². The van der Waals surface area contributed by atoms with Crippen LogP contribution >= 0.6 is 0 Å². The van der Waals surface area contributed by atoms with Gasteiger partial charge < -0.3 is 15.0 Å². The topological polar surface area (TPSA) is 52.2 Å². The summed E-state index contributed by atoms with van der Waals surface area (Å²) in [5.74, 6) is 0. The highest BCUT2D eigenvalue weighted by Crippen LogP contribution is 2.30. The number of aliphatic hydroxyl groups is 1. The molecule has 2 N–H and O–H groups in total. The van der Waals surface area contributed by atoms with E-state index in [2.05, 4.69) is 40.1 Å². The molecular weight excluding hydrogens is 298 g/mol. The van der Waals surface area contributed by atoms with Crippen molar-refractivity contribution in [1.29, 1.82) is 0 Å².